The molecule has 2 heterocycles. The van der Waals surface area contributed by atoms with Gasteiger partial charge in [0.1, 0.15) is 5.70 Å². The first-order valence-corrected chi connectivity index (χ1v) is 4.78. The van der Waals surface area contributed by atoms with Crippen molar-refractivity contribution in [2.75, 3.05) is 26.7 Å². The summed E-state index contributed by atoms with van der Waals surface area (Å²) in [6.45, 7) is 2.50. The van der Waals surface area contributed by atoms with Crippen LogP contribution < -0.4 is 10.6 Å². The molecule has 2 N–H and O–H groups in total. The number of dihydropyridines is 1. The standard InChI is InChI=1S/C10H14N2O2/c1-14-10(13)9-8-3-4-11-6-7(8)2-5-12-9/h2,11-12H,3-6H2,1H3. The summed E-state index contributed by atoms with van der Waals surface area (Å²) in [6, 6.07) is 0. The van der Waals surface area contributed by atoms with Crippen molar-refractivity contribution in [1.82, 2.24) is 10.6 Å². The van der Waals surface area contributed by atoms with Crippen molar-refractivity contribution in [2.45, 2.75) is 6.42 Å². The van der Waals surface area contributed by atoms with E-state index in [1.807, 2.05) is 0 Å². The van der Waals surface area contributed by atoms with Crippen molar-refractivity contribution < 1.29 is 9.53 Å². The molecule has 4 nitrogen and oxygen atoms in total. The third-order valence-electron chi connectivity index (χ3n) is 2.57. The van der Waals surface area contributed by atoms with Gasteiger partial charge in [0, 0.05) is 13.1 Å². The minimum absolute atomic E-state index is 0.257. The molecule has 76 valence electrons. The summed E-state index contributed by atoms with van der Waals surface area (Å²) in [4.78, 5) is 11.4. The van der Waals surface area contributed by atoms with E-state index in [0.29, 0.717) is 12.2 Å². The number of carbonyl (C=O) groups excluding carboxylic acids is 1. The minimum Gasteiger partial charge on any atom is -0.464 e. The minimum atomic E-state index is -0.257. The molecular formula is C10H14N2O2. The molecule has 1 fully saturated rings. The Morgan fingerprint density at radius 1 is 1.57 bits per heavy atom. The number of hydrogen-bond acceptors (Lipinski definition) is 4. The molecule has 0 atom stereocenters. The lowest BCUT2D eigenvalue weighted by molar-refractivity contribution is -0.136. The molecule has 2 rings (SSSR count). The van der Waals surface area contributed by atoms with Crippen LogP contribution in [0.5, 0.6) is 0 Å². The van der Waals surface area contributed by atoms with Crippen LogP contribution in [0.1, 0.15) is 6.42 Å². The van der Waals surface area contributed by atoms with Gasteiger partial charge in [0.25, 0.3) is 0 Å². The predicted octanol–water partition coefficient (Wildman–Crippen LogP) is -0.0636. The maximum Gasteiger partial charge on any atom is 0.354 e. The molecule has 0 bridgehead atoms. The highest BCUT2D eigenvalue weighted by atomic mass is 16.5. The largest absolute Gasteiger partial charge is 0.464 e. The average molecular weight is 194 g/mol. The Labute approximate surface area is 83.0 Å². The molecule has 14 heavy (non-hydrogen) atoms. The van der Waals surface area contributed by atoms with Crippen LogP contribution in [0.15, 0.2) is 22.9 Å². The normalized spacial score (nSPS) is 20.8. The van der Waals surface area contributed by atoms with Gasteiger partial charge >= 0.3 is 5.97 Å². The lowest BCUT2D eigenvalue weighted by Crippen LogP contribution is -2.34. The highest BCUT2D eigenvalue weighted by Crippen LogP contribution is 2.23. The summed E-state index contributed by atoms with van der Waals surface area (Å²) < 4.78 is 4.73. The molecule has 1 saturated heterocycles. The smallest absolute Gasteiger partial charge is 0.354 e. The van der Waals surface area contributed by atoms with E-state index in [-0.39, 0.29) is 5.97 Å². The summed E-state index contributed by atoms with van der Waals surface area (Å²) in [5, 5.41) is 6.35. The Bertz CT molecular complexity index is 318. The summed E-state index contributed by atoms with van der Waals surface area (Å²) in [5.41, 5.74) is 2.99. The van der Waals surface area contributed by atoms with Gasteiger partial charge in [-0.05, 0) is 24.1 Å². The fourth-order valence-corrected chi connectivity index (χ4v) is 1.87. The quantitative estimate of drug-likeness (QED) is 0.574. The molecule has 0 radical (unpaired) electrons. The number of nitrogens with one attached hydrogen (secondary N) is 2. The van der Waals surface area contributed by atoms with Gasteiger partial charge in [-0.1, -0.05) is 6.08 Å². The molecule has 0 aliphatic carbocycles. The topological polar surface area (TPSA) is 50.4 Å². The zero-order valence-corrected chi connectivity index (χ0v) is 8.22. The van der Waals surface area contributed by atoms with E-state index in [1.54, 1.807) is 0 Å². The molecule has 0 amide bonds. The van der Waals surface area contributed by atoms with E-state index in [9.17, 15) is 4.79 Å². The third kappa shape index (κ3) is 1.53. The summed E-state index contributed by atoms with van der Waals surface area (Å²) in [5.74, 6) is -0.257. The molecule has 2 aliphatic heterocycles. The molecular weight excluding hydrogens is 180 g/mol. The van der Waals surface area contributed by atoms with Crippen molar-refractivity contribution >= 4 is 5.97 Å². The first-order valence-electron chi connectivity index (χ1n) is 4.78. The molecule has 0 aromatic heterocycles. The van der Waals surface area contributed by atoms with Gasteiger partial charge in [-0.2, -0.15) is 0 Å². The molecule has 0 saturated carbocycles. The Hall–Kier alpha value is -1.29. The number of piperidine rings is 1. The number of rotatable bonds is 1. The van der Waals surface area contributed by atoms with Gasteiger partial charge in [0.2, 0.25) is 0 Å². The Balaban J connectivity index is 2.31. The fourth-order valence-electron chi connectivity index (χ4n) is 1.87. The van der Waals surface area contributed by atoms with E-state index in [0.717, 1.165) is 25.1 Å². The SMILES string of the molecule is COC(=O)C1=C2CCNCC2=CCN1. The summed E-state index contributed by atoms with van der Waals surface area (Å²) in [7, 11) is 1.41. The Kier molecular flexibility index (Phi) is 2.54. The molecule has 0 spiro atoms. The predicted molar refractivity (Wildman–Crippen MR) is 52.6 cm³/mol. The van der Waals surface area contributed by atoms with Crippen LogP contribution in [0.3, 0.4) is 0 Å². The van der Waals surface area contributed by atoms with Crippen LogP contribution in [0.2, 0.25) is 0 Å². The third-order valence-corrected chi connectivity index (χ3v) is 2.57. The van der Waals surface area contributed by atoms with Crippen molar-refractivity contribution in [3.05, 3.63) is 22.9 Å². The van der Waals surface area contributed by atoms with E-state index in [1.165, 1.54) is 12.7 Å². The first kappa shape index (κ1) is 9.27. The number of ether oxygens (including phenoxy) is 1. The second-order valence-electron chi connectivity index (χ2n) is 3.38. The zero-order valence-electron chi connectivity index (χ0n) is 8.22. The van der Waals surface area contributed by atoms with Gasteiger partial charge < -0.3 is 15.4 Å². The molecule has 0 aromatic carbocycles. The monoisotopic (exact) mass is 194 g/mol. The van der Waals surface area contributed by atoms with Gasteiger partial charge in [-0.3, -0.25) is 0 Å². The van der Waals surface area contributed by atoms with Crippen LogP contribution in [-0.2, 0) is 9.53 Å². The second-order valence-corrected chi connectivity index (χ2v) is 3.38. The summed E-state index contributed by atoms with van der Waals surface area (Å²) in [6.07, 6.45) is 3.01. The van der Waals surface area contributed by atoms with E-state index in [4.69, 9.17) is 4.74 Å². The van der Waals surface area contributed by atoms with Crippen LogP contribution in [0.25, 0.3) is 0 Å². The van der Waals surface area contributed by atoms with E-state index < -0.39 is 0 Å². The van der Waals surface area contributed by atoms with Gasteiger partial charge in [-0.25, -0.2) is 4.79 Å². The molecule has 4 heteroatoms. The number of methoxy groups -OCH3 is 1. The van der Waals surface area contributed by atoms with E-state index >= 15 is 0 Å². The Morgan fingerprint density at radius 2 is 2.43 bits per heavy atom. The maximum atomic E-state index is 11.4. The van der Waals surface area contributed by atoms with Crippen molar-refractivity contribution in [1.29, 1.82) is 0 Å². The molecule has 2 aliphatic rings. The molecule has 0 aromatic rings. The highest BCUT2D eigenvalue weighted by Gasteiger charge is 2.23. The number of fused-ring (bicyclic) bond motifs is 1. The number of esters is 1. The van der Waals surface area contributed by atoms with Crippen LogP contribution >= 0.6 is 0 Å². The van der Waals surface area contributed by atoms with Gasteiger partial charge in [0.15, 0.2) is 0 Å². The lowest BCUT2D eigenvalue weighted by Gasteiger charge is -2.26. The van der Waals surface area contributed by atoms with Gasteiger partial charge in [0.05, 0.1) is 7.11 Å². The highest BCUT2D eigenvalue weighted by molar-refractivity contribution is 5.90. The maximum absolute atomic E-state index is 11.4. The van der Waals surface area contributed by atoms with Gasteiger partial charge in [-0.15, -0.1) is 0 Å². The summed E-state index contributed by atoms with van der Waals surface area (Å²) >= 11 is 0. The van der Waals surface area contributed by atoms with E-state index in [2.05, 4.69) is 16.7 Å². The fraction of sp³-hybridized carbons (Fsp3) is 0.500. The average Bonchev–Trinajstić information content (AvgIpc) is 2.27. The second kappa shape index (κ2) is 3.84. The first-order chi connectivity index (χ1) is 6.83. The number of carbonyl (C=O) groups is 1. The molecule has 0 unspecified atom stereocenters. The van der Waals surface area contributed by atoms with Crippen LogP contribution in [0, 0.1) is 0 Å². The van der Waals surface area contributed by atoms with Crippen LogP contribution in [0.4, 0.5) is 0 Å². The zero-order chi connectivity index (χ0) is 9.97. The van der Waals surface area contributed by atoms with Crippen molar-refractivity contribution in [2.24, 2.45) is 0 Å². The van der Waals surface area contributed by atoms with Crippen molar-refractivity contribution in [3.8, 4) is 0 Å². The number of hydrogen-bond donors (Lipinski definition) is 2. The Morgan fingerprint density at radius 3 is 3.21 bits per heavy atom. The van der Waals surface area contributed by atoms with Crippen LogP contribution in [-0.4, -0.2) is 32.7 Å². The lowest BCUT2D eigenvalue weighted by atomic mass is 9.94. The van der Waals surface area contributed by atoms with Crippen molar-refractivity contribution in [3.63, 3.8) is 0 Å².